The number of likely N-dealkylation sites (N-methyl/N-ethyl adjacent to an activating group) is 1. The molecule has 3 nitrogen and oxygen atoms in total. The lowest BCUT2D eigenvalue weighted by molar-refractivity contribution is 0.113. The quantitative estimate of drug-likeness (QED) is 0.564. The first kappa shape index (κ1) is 15.9. The summed E-state index contributed by atoms with van der Waals surface area (Å²) in [5, 5.41) is 8.69. The average molecular weight is 230 g/mol. The highest BCUT2D eigenvalue weighted by Gasteiger charge is 2.28. The Hall–Kier alpha value is -0.120. The molecule has 16 heavy (non-hydrogen) atoms. The van der Waals surface area contributed by atoms with Gasteiger partial charge in [0, 0.05) is 18.7 Å². The zero-order chi connectivity index (χ0) is 12.4. The summed E-state index contributed by atoms with van der Waals surface area (Å²) in [7, 11) is 2.19. The van der Waals surface area contributed by atoms with Gasteiger partial charge in [0.05, 0.1) is 0 Å². The Morgan fingerprint density at radius 2 is 1.62 bits per heavy atom. The molecule has 0 heterocycles. The minimum Gasteiger partial charge on any atom is -0.396 e. The van der Waals surface area contributed by atoms with E-state index < -0.39 is 0 Å². The summed E-state index contributed by atoms with van der Waals surface area (Å²) < 4.78 is 0. The van der Waals surface area contributed by atoms with E-state index in [1.165, 1.54) is 12.8 Å². The molecule has 3 heteroatoms. The summed E-state index contributed by atoms with van der Waals surface area (Å²) in [6.45, 7) is 6.63. The molecule has 0 amide bonds. The van der Waals surface area contributed by atoms with Gasteiger partial charge in [0.15, 0.2) is 0 Å². The summed E-state index contributed by atoms with van der Waals surface area (Å²) in [4.78, 5) is 2.42. The number of nitrogens with zero attached hydrogens (tertiary/aromatic N) is 1. The maximum Gasteiger partial charge on any atom is 0.0431 e. The summed E-state index contributed by atoms with van der Waals surface area (Å²) >= 11 is 0. The Kier molecular flexibility index (Phi) is 8.90. The molecule has 0 saturated heterocycles. The Morgan fingerprint density at radius 1 is 1.06 bits per heavy atom. The lowest BCUT2D eigenvalue weighted by Gasteiger charge is -2.40. The van der Waals surface area contributed by atoms with Crippen molar-refractivity contribution >= 4 is 0 Å². The van der Waals surface area contributed by atoms with Crippen LogP contribution in [0.1, 0.15) is 52.4 Å². The van der Waals surface area contributed by atoms with Gasteiger partial charge in [0.1, 0.15) is 0 Å². The molecule has 0 unspecified atom stereocenters. The normalized spacial score (nSPS) is 12.4. The topological polar surface area (TPSA) is 49.5 Å². The molecule has 0 spiro atoms. The SMILES string of the molecule is CCC(CC)(CN)N(C)CCCCCCO. The summed E-state index contributed by atoms with van der Waals surface area (Å²) in [5.74, 6) is 0. The van der Waals surface area contributed by atoms with E-state index in [1.807, 2.05) is 0 Å². The van der Waals surface area contributed by atoms with Gasteiger partial charge in [-0.1, -0.05) is 26.7 Å². The van der Waals surface area contributed by atoms with Crippen LogP contribution in [0.2, 0.25) is 0 Å². The molecule has 0 fully saturated rings. The Bertz CT molecular complexity index is 150. The van der Waals surface area contributed by atoms with Gasteiger partial charge in [-0.15, -0.1) is 0 Å². The van der Waals surface area contributed by atoms with Crippen molar-refractivity contribution in [3.8, 4) is 0 Å². The van der Waals surface area contributed by atoms with Crippen LogP contribution in [0, 0.1) is 0 Å². The number of aliphatic hydroxyl groups is 1. The van der Waals surface area contributed by atoms with E-state index >= 15 is 0 Å². The van der Waals surface area contributed by atoms with Crippen LogP contribution in [0.15, 0.2) is 0 Å². The van der Waals surface area contributed by atoms with Crippen LogP contribution in [0.25, 0.3) is 0 Å². The number of hydrogen-bond donors (Lipinski definition) is 2. The highest BCUT2D eigenvalue weighted by Crippen LogP contribution is 2.21. The lowest BCUT2D eigenvalue weighted by Crippen LogP contribution is -2.51. The van der Waals surface area contributed by atoms with Crippen LogP contribution in [0.3, 0.4) is 0 Å². The molecule has 0 aliphatic carbocycles. The van der Waals surface area contributed by atoms with Crippen LogP contribution in [-0.4, -0.2) is 42.3 Å². The van der Waals surface area contributed by atoms with E-state index in [-0.39, 0.29) is 5.54 Å². The van der Waals surface area contributed by atoms with E-state index in [1.54, 1.807) is 0 Å². The zero-order valence-corrected chi connectivity index (χ0v) is 11.3. The second-order valence-corrected chi connectivity index (χ2v) is 4.69. The van der Waals surface area contributed by atoms with Gasteiger partial charge in [-0.2, -0.15) is 0 Å². The molecule has 0 aliphatic heterocycles. The largest absolute Gasteiger partial charge is 0.396 e. The van der Waals surface area contributed by atoms with Gasteiger partial charge in [-0.05, 0) is 39.3 Å². The van der Waals surface area contributed by atoms with Crippen LogP contribution in [-0.2, 0) is 0 Å². The number of rotatable bonds is 10. The monoisotopic (exact) mass is 230 g/mol. The highest BCUT2D eigenvalue weighted by molar-refractivity contribution is 4.87. The van der Waals surface area contributed by atoms with Crippen molar-refractivity contribution < 1.29 is 5.11 Å². The average Bonchev–Trinajstić information content (AvgIpc) is 2.32. The molecule has 0 rings (SSSR count). The lowest BCUT2D eigenvalue weighted by atomic mass is 9.91. The minimum atomic E-state index is 0.191. The molecule has 98 valence electrons. The third-order valence-electron chi connectivity index (χ3n) is 3.91. The van der Waals surface area contributed by atoms with E-state index in [4.69, 9.17) is 10.8 Å². The van der Waals surface area contributed by atoms with Crippen molar-refractivity contribution in [2.75, 3.05) is 26.7 Å². The maximum atomic E-state index is 8.69. The third kappa shape index (κ3) is 4.81. The predicted molar refractivity (Wildman–Crippen MR) is 70.6 cm³/mol. The van der Waals surface area contributed by atoms with Crippen molar-refractivity contribution in [2.45, 2.75) is 57.9 Å². The van der Waals surface area contributed by atoms with Crippen LogP contribution in [0.5, 0.6) is 0 Å². The molecule has 3 N–H and O–H groups in total. The summed E-state index contributed by atoms with van der Waals surface area (Å²) in [5.41, 5.74) is 6.10. The van der Waals surface area contributed by atoms with Gasteiger partial charge < -0.3 is 10.8 Å². The number of hydrogen-bond acceptors (Lipinski definition) is 3. The smallest absolute Gasteiger partial charge is 0.0431 e. The standard InChI is InChI=1S/C13H30N2O/c1-4-13(5-2,12-14)15(3)10-8-6-7-9-11-16/h16H,4-12,14H2,1-3H3. The first-order valence-electron chi connectivity index (χ1n) is 6.69. The molecule has 0 aromatic rings. The second-order valence-electron chi connectivity index (χ2n) is 4.69. The van der Waals surface area contributed by atoms with Crippen LogP contribution in [0.4, 0.5) is 0 Å². The Labute approximate surface area is 101 Å². The molecule has 0 radical (unpaired) electrons. The minimum absolute atomic E-state index is 0.191. The first-order chi connectivity index (χ1) is 7.66. The molecule has 0 atom stereocenters. The second kappa shape index (κ2) is 8.97. The van der Waals surface area contributed by atoms with Gasteiger partial charge in [0.2, 0.25) is 0 Å². The molecule has 0 aromatic carbocycles. The van der Waals surface area contributed by atoms with Crippen LogP contribution >= 0.6 is 0 Å². The zero-order valence-electron chi connectivity index (χ0n) is 11.3. The van der Waals surface area contributed by atoms with Gasteiger partial charge in [0.25, 0.3) is 0 Å². The third-order valence-corrected chi connectivity index (χ3v) is 3.91. The summed E-state index contributed by atoms with van der Waals surface area (Å²) in [6, 6.07) is 0. The fourth-order valence-corrected chi connectivity index (χ4v) is 2.29. The van der Waals surface area contributed by atoms with Gasteiger partial charge in [-0.25, -0.2) is 0 Å². The predicted octanol–water partition coefficient (Wildman–Crippen LogP) is 1.99. The molecule has 0 aromatic heterocycles. The molecular weight excluding hydrogens is 200 g/mol. The van der Waals surface area contributed by atoms with E-state index in [9.17, 15) is 0 Å². The van der Waals surface area contributed by atoms with E-state index in [2.05, 4.69) is 25.8 Å². The van der Waals surface area contributed by atoms with Crippen LogP contribution < -0.4 is 5.73 Å². The van der Waals surface area contributed by atoms with E-state index in [0.29, 0.717) is 6.61 Å². The van der Waals surface area contributed by atoms with Crippen molar-refractivity contribution in [3.05, 3.63) is 0 Å². The molecular formula is C13H30N2O. The number of aliphatic hydroxyl groups excluding tert-OH is 1. The Balaban J connectivity index is 3.88. The number of unbranched alkanes of at least 4 members (excludes halogenated alkanes) is 3. The highest BCUT2D eigenvalue weighted by atomic mass is 16.2. The fraction of sp³-hybridized carbons (Fsp3) is 1.00. The Morgan fingerprint density at radius 3 is 2.06 bits per heavy atom. The molecule has 0 bridgehead atoms. The van der Waals surface area contributed by atoms with Crippen molar-refractivity contribution in [1.82, 2.24) is 4.90 Å². The molecule has 0 saturated carbocycles. The van der Waals surface area contributed by atoms with Crippen molar-refractivity contribution in [1.29, 1.82) is 0 Å². The van der Waals surface area contributed by atoms with Gasteiger partial charge in [-0.3, -0.25) is 4.90 Å². The number of nitrogens with two attached hydrogens (primary N) is 1. The van der Waals surface area contributed by atoms with E-state index in [0.717, 1.165) is 38.8 Å². The summed E-state index contributed by atoms with van der Waals surface area (Å²) in [6.07, 6.45) is 6.73. The maximum absolute atomic E-state index is 8.69. The van der Waals surface area contributed by atoms with Crippen molar-refractivity contribution in [3.63, 3.8) is 0 Å². The van der Waals surface area contributed by atoms with Gasteiger partial charge >= 0.3 is 0 Å². The molecule has 0 aliphatic rings. The fourth-order valence-electron chi connectivity index (χ4n) is 2.29. The first-order valence-corrected chi connectivity index (χ1v) is 6.69. The van der Waals surface area contributed by atoms with Crippen molar-refractivity contribution in [2.24, 2.45) is 5.73 Å².